The Balaban J connectivity index is 1.31. The van der Waals surface area contributed by atoms with E-state index in [1.165, 1.54) is 37.7 Å². The Morgan fingerprint density at radius 3 is 2.68 bits per heavy atom. The number of nitrogens with one attached hydrogen (secondary N) is 2. The lowest BCUT2D eigenvalue weighted by molar-refractivity contribution is -0.119. The molecule has 164 valence electrons. The Morgan fingerprint density at radius 1 is 1.10 bits per heavy atom. The van der Waals surface area contributed by atoms with Crippen LogP contribution in [0, 0.1) is 0 Å². The van der Waals surface area contributed by atoms with Crippen LogP contribution >= 0.6 is 12.6 Å². The summed E-state index contributed by atoms with van der Waals surface area (Å²) in [7, 11) is 1.68. The number of amides is 1. The molecule has 5 rings (SSSR count). The summed E-state index contributed by atoms with van der Waals surface area (Å²) >= 11 is 4.69. The maximum Gasteiger partial charge on any atom is 0.239 e. The van der Waals surface area contributed by atoms with Gasteiger partial charge in [0.25, 0.3) is 0 Å². The summed E-state index contributed by atoms with van der Waals surface area (Å²) in [5.74, 6) is 0.540. The Hall–Kier alpha value is -2.18. The number of piperidine rings is 1. The number of thiol groups is 1. The molecule has 2 aromatic carbocycles. The molecule has 2 aromatic rings. The van der Waals surface area contributed by atoms with Crippen molar-refractivity contribution in [3.8, 4) is 0 Å². The number of benzene rings is 2. The van der Waals surface area contributed by atoms with Crippen molar-refractivity contribution < 1.29 is 4.79 Å². The molecule has 6 heteroatoms. The van der Waals surface area contributed by atoms with E-state index in [0.717, 1.165) is 24.5 Å². The number of hydrogen-bond acceptors (Lipinski definition) is 5. The number of para-hydroxylation sites is 1. The molecule has 0 aromatic heterocycles. The molecule has 0 radical (unpaired) electrons. The number of hydrogen-bond donors (Lipinski definition) is 3. The molecule has 31 heavy (non-hydrogen) atoms. The average molecular weight is 437 g/mol. The third kappa shape index (κ3) is 3.92. The average Bonchev–Trinajstić information content (AvgIpc) is 3.13. The van der Waals surface area contributed by atoms with Gasteiger partial charge in [-0.3, -0.25) is 9.69 Å². The van der Waals surface area contributed by atoms with Gasteiger partial charge in [-0.1, -0.05) is 36.4 Å². The van der Waals surface area contributed by atoms with Crippen LogP contribution in [0.2, 0.25) is 0 Å². The number of rotatable bonds is 4. The molecule has 1 amide bonds. The zero-order chi connectivity index (χ0) is 21.4. The van der Waals surface area contributed by atoms with Gasteiger partial charge in [-0.2, -0.15) is 0 Å². The Kier molecular flexibility index (Phi) is 5.85. The fraction of sp³-hybridized carbons (Fsp3) is 0.480. The second kappa shape index (κ2) is 8.75. The molecule has 5 nitrogen and oxygen atoms in total. The van der Waals surface area contributed by atoms with Gasteiger partial charge >= 0.3 is 0 Å². The summed E-state index contributed by atoms with van der Waals surface area (Å²) in [6.45, 7) is 2.59. The molecule has 2 N–H and O–H groups in total. The van der Waals surface area contributed by atoms with Gasteiger partial charge in [0.15, 0.2) is 0 Å². The SMILES string of the molecule is CNC(=O)CN1c2cccc(C3CCN(C4CCCc5ccccc54)CC3)c2NC1S. The molecule has 1 saturated heterocycles. The Labute approximate surface area is 190 Å². The van der Waals surface area contributed by atoms with Crippen LogP contribution in [0.15, 0.2) is 42.5 Å². The van der Waals surface area contributed by atoms with Crippen molar-refractivity contribution >= 4 is 29.9 Å². The number of likely N-dealkylation sites (N-methyl/N-ethyl adjacent to an activating group) is 1. The van der Waals surface area contributed by atoms with Crippen LogP contribution in [0.5, 0.6) is 0 Å². The predicted molar refractivity (Wildman–Crippen MR) is 130 cm³/mol. The second-order valence-corrected chi connectivity index (χ2v) is 9.47. The molecular weight excluding hydrogens is 404 g/mol. The fourth-order valence-corrected chi connectivity index (χ4v) is 6.00. The molecule has 2 atom stereocenters. The molecule has 3 aliphatic rings. The van der Waals surface area contributed by atoms with Crippen LogP contribution in [-0.2, 0) is 11.2 Å². The van der Waals surface area contributed by atoms with E-state index >= 15 is 0 Å². The quantitative estimate of drug-likeness (QED) is 0.631. The van der Waals surface area contributed by atoms with E-state index in [4.69, 9.17) is 12.6 Å². The lowest BCUT2D eigenvalue weighted by atomic mass is 9.83. The minimum absolute atomic E-state index is 0.000162. The highest BCUT2D eigenvalue weighted by Crippen LogP contribution is 2.45. The lowest BCUT2D eigenvalue weighted by Crippen LogP contribution is -2.39. The van der Waals surface area contributed by atoms with Crippen molar-refractivity contribution in [1.82, 2.24) is 10.2 Å². The van der Waals surface area contributed by atoms with Crippen LogP contribution in [0.4, 0.5) is 11.4 Å². The fourth-order valence-electron chi connectivity index (χ4n) is 5.67. The summed E-state index contributed by atoms with van der Waals surface area (Å²) in [4.78, 5) is 16.7. The van der Waals surface area contributed by atoms with Crippen LogP contribution in [0.25, 0.3) is 0 Å². The monoisotopic (exact) mass is 436 g/mol. The zero-order valence-corrected chi connectivity index (χ0v) is 19.1. The first-order valence-corrected chi connectivity index (χ1v) is 12.0. The minimum atomic E-state index is -0.174. The van der Waals surface area contributed by atoms with Crippen molar-refractivity contribution in [1.29, 1.82) is 0 Å². The number of fused-ring (bicyclic) bond motifs is 2. The molecule has 0 saturated carbocycles. The second-order valence-electron chi connectivity index (χ2n) is 8.98. The Bertz CT molecular complexity index is 956. The first kappa shape index (κ1) is 20.7. The number of likely N-dealkylation sites (tertiary alicyclic amines) is 1. The van der Waals surface area contributed by atoms with E-state index in [1.54, 1.807) is 18.2 Å². The molecule has 1 aliphatic carbocycles. The molecule has 1 fully saturated rings. The third-order valence-corrected chi connectivity index (χ3v) is 7.70. The van der Waals surface area contributed by atoms with E-state index in [9.17, 15) is 4.79 Å². The number of anilines is 2. The van der Waals surface area contributed by atoms with Gasteiger partial charge in [-0.15, -0.1) is 12.6 Å². The first-order chi connectivity index (χ1) is 15.2. The van der Waals surface area contributed by atoms with Gasteiger partial charge in [0, 0.05) is 13.1 Å². The standard InChI is InChI=1S/C25H32N4OS/c1-26-23(30)16-29-22-11-5-9-20(24(22)27-25(29)31)18-12-14-28(15-13-18)21-10-4-7-17-6-2-3-8-19(17)21/h2-3,5-6,8-9,11,18,21,25,27,31H,4,7,10,12-16H2,1H3,(H,26,30). The summed E-state index contributed by atoms with van der Waals surface area (Å²) in [5, 5.41) is 6.24. The van der Waals surface area contributed by atoms with E-state index in [-0.39, 0.29) is 11.4 Å². The largest absolute Gasteiger partial charge is 0.358 e. The van der Waals surface area contributed by atoms with Gasteiger partial charge in [0.05, 0.1) is 17.9 Å². The van der Waals surface area contributed by atoms with Crippen LogP contribution in [-0.4, -0.2) is 43.0 Å². The van der Waals surface area contributed by atoms with Crippen molar-refractivity contribution in [2.75, 3.05) is 36.9 Å². The number of aryl methyl sites for hydroxylation is 1. The highest BCUT2D eigenvalue weighted by molar-refractivity contribution is 7.81. The highest BCUT2D eigenvalue weighted by Gasteiger charge is 2.34. The molecular formula is C25H32N4OS. The minimum Gasteiger partial charge on any atom is -0.358 e. The topological polar surface area (TPSA) is 47.6 Å². The predicted octanol–water partition coefficient (Wildman–Crippen LogP) is 4.13. The van der Waals surface area contributed by atoms with Gasteiger partial charge in [-0.25, -0.2) is 0 Å². The highest BCUT2D eigenvalue weighted by atomic mass is 32.1. The van der Waals surface area contributed by atoms with E-state index in [2.05, 4.69) is 58.0 Å². The van der Waals surface area contributed by atoms with Gasteiger partial charge < -0.3 is 15.5 Å². The van der Waals surface area contributed by atoms with Gasteiger partial charge in [0.1, 0.15) is 5.50 Å². The summed E-state index contributed by atoms with van der Waals surface area (Å²) in [6, 6.07) is 16.1. The van der Waals surface area contributed by atoms with Crippen LogP contribution in [0.1, 0.15) is 54.3 Å². The van der Waals surface area contributed by atoms with Crippen molar-refractivity contribution in [2.24, 2.45) is 0 Å². The van der Waals surface area contributed by atoms with Crippen LogP contribution in [0.3, 0.4) is 0 Å². The molecule has 2 heterocycles. The number of carbonyl (C=O) groups is 1. The summed E-state index contributed by atoms with van der Waals surface area (Å²) < 4.78 is 0. The zero-order valence-electron chi connectivity index (χ0n) is 18.2. The van der Waals surface area contributed by atoms with E-state index < -0.39 is 0 Å². The summed E-state index contributed by atoms with van der Waals surface area (Å²) in [6.07, 6.45) is 6.14. The van der Waals surface area contributed by atoms with Crippen molar-refractivity contribution in [3.63, 3.8) is 0 Å². The van der Waals surface area contributed by atoms with Crippen molar-refractivity contribution in [2.45, 2.75) is 49.6 Å². The van der Waals surface area contributed by atoms with Crippen LogP contribution < -0.4 is 15.5 Å². The smallest absolute Gasteiger partial charge is 0.239 e. The number of carbonyl (C=O) groups excluding carboxylic acids is 1. The van der Waals surface area contributed by atoms with Gasteiger partial charge in [0.2, 0.25) is 5.91 Å². The third-order valence-electron chi connectivity index (χ3n) is 7.29. The maximum atomic E-state index is 12.0. The lowest BCUT2D eigenvalue weighted by Gasteiger charge is -2.40. The number of nitrogens with zero attached hydrogens (tertiary/aromatic N) is 2. The Morgan fingerprint density at radius 2 is 1.87 bits per heavy atom. The normalized spacial score (nSPS) is 23.7. The summed E-state index contributed by atoms with van der Waals surface area (Å²) in [5.41, 5.74) is 6.55. The molecule has 2 unspecified atom stereocenters. The van der Waals surface area contributed by atoms with Crippen molar-refractivity contribution in [3.05, 3.63) is 59.2 Å². The maximum absolute atomic E-state index is 12.0. The molecule has 0 spiro atoms. The molecule has 2 aliphatic heterocycles. The van der Waals surface area contributed by atoms with Gasteiger partial charge in [-0.05, 0) is 73.9 Å². The van der Waals surface area contributed by atoms with E-state index in [1.807, 2.05) is 4.90 Å². The molecule has 0 bridgehead atoms. The first-order valence-electron chi connectivity index (χ1n) is 11.5. The van der Waals surface area contributed by atoms with E-state index in [0.29, 0.717) is 18.5 Å².